The highest BCUT2D eigenvalue weighted by molar-refractivity contribution is 5.63. The van der Waals surface area contributed by atoms with Gasteiger partial charge in [0.15, 0.2) is 0 Å². The number of nitrogens with zero attached hydrogens (tertiary/aromatic N) is 2. The second-order valence-electron chi connectivity index (χ2n) is 5.41. The van der Waals surface area contributed by atoms with Gasteiger partial charge in [0.25, 0.3) is 0 Å². The first-order chi connectivity index (χ1) is 9.17. The van der Waals surface area contributed by atoms with Crippen molar-refractivity contribution in [1.82, 2.24) is 0 Å². The molecule has 4 rings (SSSR count). The third-order valence-corrected chi connectivity index (χ3v) is 4.20. The van der Waals surface area contributed by atoms with Gasteiger partial charge in [-0.2, -0.15) is 10.5 Å². The molecule has 0 saturated carbocycles. The van der Waals surface area contributed by atoms with Gasteiger partial charge < -0.3 is 0 Å². The van der Waals surface area contributed by atoms with E-state index in [2.05, 4.69) is 38.1 Å². The van der Waals surface area contributed by atoms with E-state index in [1.807, 2.05) is 0 Å². The summed E-state index contributed by atoms with van der Waals surface area (Å²) >= 11 is 0. The van der Waals surface area contributed by atoms with Crippen LogP contribution in [0.3, 0.4) is 0 Å². The standard InChI is InChI=1S/C17H14N2/c1-10(2)15-7-11-5-6-14(15)17-13(9-19)4-3-12(8-18)16(11)17/h3-6,11,14H,7H2,1-2H3/t11-,14+/m1/s1. The van der Waals surface area contributed by atoms with E-state index >= 15 is 0 Å². The van der Waals surface area contributed by atoms with Crippen molar-refractivity contribution >= 4 is 0 Å². The molecule has 0 fully saturated rings. The predicted octanol–water partition coefficient (Wildman–Crippen LogP) is 3.91. The third-order valence-electron chi connectivity index (χ3n) is 4.20. The van der Waals surface area contributed by atoms with Crippen molar-refractivity contribution in [2.24, 2.45) is 0 Å². The lowest BCUT2D eigenvalue weighted by molar-refractivity contribution is 0.665. The molecule has 0 spiro atoms. The molecule has 0 saturated heterocycles. The van der Waals surface area contributed by atoms with E-state index in [4.69, 9.17) is 0 Å². The first kappa shape index (κ1) is 11.8. The van der Waals surface area contributed by atoms with Gasteiger partial charge in [0, 0.05) is 11.8 Å². The largest absolute Gasteiger partial charge is 0.192 e. The van der Waals surface area contributed by atoms with Crippen LogP contribution in [-0.4, -0.2) is 0 Å². The molecule has 0 N–H and O–H groups in total. The molecule has 2 bridgehead atoms. The molecule has 2 heteroatoms. The zero-order valence-electron chi connectivity index (χ0n) is 11.1. The fourth-order valence-corrected chi connectivity index (χ4v) is 3.34. The van der Waals surface area contributed by atoms with Crippen molar-refractivity contribution in [2.45, 2.75) is 32.1 Å². The molecule has 0 heterocycles. The lowest BCUT2D eigenvalue weighted by Crippen LogP contribution is -2.23. The maximum absolute atomic E-state index is 9.34. The minimum Gasteiger partial charge on any atom is -0.192 e. The Balaban J connectivity index is 2.35. The lowest BCUT2D eigenvalue weighted by atomic mass is 9.65. The minimum absolute atomic E-state index is 0.188. The van der Waals surface area contributed by atoms with E-state index in [1.54, 1.807) is 12.1 Å². The molecule has 0 radical (unpaired) electrons. The van der Waals surface area contributed by atoms with Crippen LogP contribution in [0.2, 0.25) is 0 Å². The van der Waals surface area contributed by atoms with Crippen LogP contribution in [0.1, 0.15) is 54.4 Å². The average molecular weight is 246 g/mol. The summed E-state index contributed by atoms with van der Waals surface area (Å²) in [6, 6.07) is 8.13. The zero-order chi connectivity index (χ0) is 13.6. The van der Waals surface area contributed by atoms with Crippen LogP contribution < -0.4 is 0 Å². The summed E-state index contributed by atoms with van der Waals surface area (Å²) in [4.78, 5) is 0. The van der Waals surface area contributed by atoms with Crippen molar-refractivity contribution in [3.8, 4) is 12.1 Å². The smallest absolute Gasteiger partial charge is 0.0994 e. The van der Waals surface area contributed by atoms with Gasteiger partial charge in [0.1, 0.15) is 0 Å². The van der Waals surface area contributed by atoms with Crippen molar-refractivity contribution in [2.75, 3.05) is 0 Å². The molecule has 92 valence electrons. The molecule has 0 aromatic heterocycles. The van der Waals surface area contributed by atoms with E-state index in [0.29, 0.717) is 5.56 Å². The van der Waals surface area contributed by atoms with E-state index < -0.39 is 0 Å². The van der Waals surface area contributed by atoms with Crippen LogP contribution in [0.4, 0.5) is 0 Å². The van der Waals surface area contributed by atoms with Crippen LogP contribution >= 0.6 is 0 Å². The molecule has 3 aliphatic carbocycles. The Morgan fingerprint density at radius 3 is 2.26 bits per heavy atom. The highest BCUT2D eigenvalue weighted by Gasteiger charge is 2.36. The van der Waals surface area contributed by atoms with Crippen molar-refractivity contribution in [3.63, 3.8) is 0 Å². The Morgan fingerprint density at radius 2 is 1.68 bits per heavy atom. The molecule has 2 nitrogen and oxygen atoms in total. The van der Waals surface area contributed by atoms with E-state index in [-0.39, 0.29) is 11.8 Å². The molecular weight excluding hydrogens is 232 g/mol. The number of hydrogen-bond acceptors (Lipinski definition) is 2. The highest BCUT2D eigenvalue weighted by Crippen LogP contribution is 2.51. The van der Waals surface area contributed by atoms with Crippen LogP contribution in [0.5, 0.6) is 0 Å². The minimum atomic E-state index is 0.188. The third kappa shape index (κ3) is 1.54. The molecule has 3 aliphatic rings. The fraction of sp³-hybridized carbons (Fsp3) is 0.294. The SMILES string of the molecule is CC(C)=C1C[C@H]2C=C[C@@H]1c1c(C#N)ccc(C#N)c12. The van der Waals surface area contributed by atoms with Gasteiger partial charge in [-0.25, -0.2) is 0 Å². The topological polar surface area (TPSA) is 47.6 Å². The number of nitriles is 2. The molecule has 1 aromatic carbocycles. The molecule has 0 aliphatic heterocycles. The van der Waals surface area contributed by atoms with Crippen LogP contribution in [0.25, 0.3) is 0 Å². The molecule has 19 heavy (non-hydrogen) atoms. The Labute approximate surface area is 113 Å². The second-order valence-corrected chi connectivity index (χ2v) is 5.41. The van der Waals surface area contributed by atoms with E-state index in [0.717, 1.165) is 23.1 Å². The highest BCUT2D eigenvalue weighted by atomic mass is 14.4. The summed E-state index contributed by atoms with van der Waals surface area (Å²) in [6.07, 6.45) is 5.38. The van der Waals surface area contributed by atoms with Crippen LogP contribution in [0.15, 0.2) is 35.4 Å². The van der Waals surface area contributed by atoms with E-state index in [9.17, 15) is 10.5 Å². The first-order valence-corrected chi connectivity index (χ1v) is 6.49. The van der Waals surface area contributed by atoms with Gasteiger partial charge in [-0.15, -0.1) is 0 Å². The molecular formula is C17H14N2. The number of rotatable bonds is 0. The normalized spacial score (nSPS) is 22.6. The fourth-order valence-electron chi connectivity index (χ4n) is 3.34. The maximum Gasteiger partial charge on any atom is 0.0994 e. The summed E-state index contributed by atoms with van der Waals surface area (Å²) in [6.45, 7) is 4.26. The summed E-state index contributed by atoms with van der Waals surface area (Å²) in [7, 11) is 0. The Bertz CT molecular complexity index is 704. The van der Waals surface area contributed by atoms with Gasteiger partial charge in [-0.1, -0.05) is 23.3 Å². The molecule has 1 aromatic rings. The van der Waals surface area contributed by atoms with Crippen LogP contribution in [-0.2, 0) is 0 Å². The number of hydrogen-bond donors (Lipinski definition) is 0. The molecule has 0 unspecified atom stereocenters. The van der Waals surface area contributed by atoms with Gasteiger partial charge in [-0.05, 0) is 43.5 Å². The van der Waals surface area contributed by atoms with Crippen molar-refractivity contribution < 1.29 is 0 Å². The van der Waals surface area contributed by atoms with Gasteiger partial charge in [-0.3, -0.25) is 0 Å². The summed E-state index contributed by atoms with van der Waals surface area (Å²) < 4.78 is 0. The number of fused-ring (bicyclic) bond motifs is 1. The summed E-state index contributed by atoms with van der Waals surface area (Å²) in [5, 5.41) is 18.6. The summed E-state index contributed by atoms with van der Waals surface area (Å²) in [5.74, 6) is 0.445. The quantitative estimate of drug-likeness (QED) is 0.651. The molecule has 2 atom stereocenters. The predicted molar refractivity (Wildman–Crippen MR) is 73.5 cm³/mol. The Kier molecular flexibility index (Phi) is 2.54. The lowest BCUT2D eigenvalue weighted by Gasteiger charge is -2.38. The second kappa shape index (κ2) is 4.11. The zero-order valence-corrected chi connectivity index (χ0v) is 11.1. The monoisotopic (exact) mass is 246 g/mol. The van der Waals surface area contributed by atoms with E-state index in [1.165, 1.54) is 11.1 Å². The van der Waals surface area contributed by atoms with Gasteiger partial charge in [0.2, 0.25) is 0 Å². The van der Waals surface area contributed by atoms with Gasteiger partial charge >= 0.3 is 0 Å². The number of benzene rings is 1. The van der Waals surface area contributed by atoms with Crippen molar-refractivity contribution in [1.29, 1.82) is 10.5 Å². The van der Waals surface area contributed by atoms with Gasteiger partial charge in [0.05, 0.1) is 23.3 Å². The number of allylic oxidation sites excluding steroid dienone is 4. The average Bonchev–Trinajstić information content (AvgIpc) is 2.46. The van der Waals surface area contributed by atoms with Crippen molar-refractivity contribution in [3.05, 3.63) is 57.7 Å². The maximum atomic E-state index is 9.34. The summed E-state index contributed by atoms with van der Waals surface area (Å²) in [5.41, 5.74) is 6.33. The first-order valence-electron chi connectivity index (χ1n) is 6.49. The Morgan fingerprint density at radius 1 is 1.05 bits per heavy atom. The van der Waals surface area contributed by atoms with Crippen LogP contribution in [0, 0.1) is 22.7 Å². The Hall–Kier alpha value is -2.32. The molecule has 0 amide bonds.